The van der Waals surface area contributed by atoms with Crippen molar-refractivity contribution in [3.05, 3.63) is 42.4 Å². The van der Waals surface area contributed by atoms with Gasteiger partial charge in [0, 0.05) is 13.1 Å². The number of nitrogens with zero attached hydrogens (tertiary/aromatic N) is 2. The lowest BCUT2D eigenvalue weighted by atomic mass is 10.2. The molecule has 0 amide bonds. The van der Waals surface area contributed by atoms with Gasteiger partial charge in [-0.05, 0) is 19.4 Å². The average Bonchev–Trinajstić information content (AvgIpc) is 2.93. The van der Waals surface area contributed by atoms with Crippen LogP contribution in [0.5, 0.6) is 0 Å². The van der Waals surface area contributed by atoms with E-state index in [9.17, 15) is 0 Å². The highest BCUT2D eigenvalue weighted by Crippen LogP contribution is 2.15. The maximum atomic E-state index is 4.38. The third kappa shape index (κ3) is 3.85. The Morgan fingerprint density at radius 2 is 2.05 bits per heavy atom. The first-order valence-electron chi connectivity index (χ1n) is 6.75. The molecule has 0 saturated heterocycles. The van der Waals surface area contributed by atoms with Gasteiger partial charge in [-0.1, -0.05) is 30.3 Å². The number of hydrogen-bond acceptors (Lipinski definition) is 2. The van der Waals surface area contributed by atoms with Crippen molar-refractivity contribution in [2.45, 2.75) is 26.4 Å². The van der Waals surface area contributed by atoms with Crippen molar-refractivity contribution < 1.29 is 0 Å². The van der Waals surface area contributed by atoms with Crippen LogP contribution in [0.4, 0.5) is 0 Å². The minimum Gasteiger partial charge on any atom is -0.354 e. The first-order chi connectivity index (χ1) is 9.69. The zero-order valence-corrected chi connectivity index (χ0v) is 12.1. The summed E-state index contributed by atoms with van der Waals surface area (Å²) >= 11 is 0. The van der Waals surface area contributed by atoms with Gasteiger partial charge in [-0.25, -0.2) is 4.98 Å². The smallest absolute Gasteiger partial charge is 0.191 e. The molecule has 0 spiro atoms. The molecule has 3 N–H and O–H groups in total. The number of rotatable bonds is 4. The van der Waals surface area contributed by atoms with E-state index in [0.717, 1.165) is 23.0 Å². The molecule has 0 aliphatic heterocycles. The molecule has 1 aromatic carbocycles. The topological polar surface area (TPSA) is 65.1 Å². The van der Waals surface area contributed by atoms with E-state index in [4.69, 9.17) is 0 Å². The molecule has 0 unspecified atom stereocenters. The minimum atomic E-state index is 0.345. The number of guanidine groups is 1. The van der Waals surface area contributed by atoms with Crippen LogP contribution in [0.15, 0.2) is 41.5 Å². The molecular weight excluding hydrogens is 250 g/mol. The first kappa shape index (κ1) is 14.1. The second kappa shape index (κ2) is 6.75. The lowest BCUT2D eigenvalue weighted by molar-refractivity contribution is 0.693. The highest BCUT2D eigenvalue weighted by molar-refractivity contribution is 5.79. The Kier molecular flexibility index (Phi) is 4.76. The summed E-state index contributed by atoms with van der Waals surface area (Å²) in [6.45, 7) is 4.76. The Labute approximate surface area is 119 Å². The Bertz CT molecular complexity index is 557. The fourth-order valence-electron chi connectivity index (χ4n) is 1.85. The molecule has 0 aliphatic carbocycles. The summed E-state index contributed by atoms with van der Waals surface area (Å²) in [5.74, 6) is 1.66. The molecule has 2 rings (SSSR count). The summed E-state index contributed by atoms with van der Waals surface area (Å²) < 4.78 is 0. The molecule has 2 aromatic rings. The summed E-state index contributed by atoms with van der Waals surface area (Å²) in [5, 5.41) is 6.46. The molecule has 0 radical (unpaired) electrons. The van der Waals surface area contributed by atoms with Crippen LogP contribution < -0.4 is 10.6 Å². The van der Waals surface area contributed by atoms with Gasteiger partial charge in [0.15, 0.2) is 5.96 Å². The Hall–Kier alpha value is -2.30. The zero-order valence-electron chi connectivity index (χ0n) is 12.1. The molecule has 20 heavy (non-hydrogen) atoms. The molecule has 106 valence electrons. The van der Waals surface area contributed by atoms with Gasteiger partial charge in [-0.2, -0.15) is 0 Å². The highest BCUT2D eigenvalue weighted by Gasteiger charge is 2.04. The van der Waals surface area contributed by atoms with Gasteiger partial charge in [0.05, 0.1) is 18.4 Å². The molecular formula is C15H21N5. The maximum absolute atomic E-state index is 4.38. The van der Waals surface area contributed by atoms with Crippen LogP contribution in [0, 0.1) is 0 Å². The van der Waals surface area contributed by atoms with Gasteiger partial charge in [0.1, 0.15) is 5.82 Å². The van der Waals surface area contributed by atoms with Crippen LogP contribution in [0.25, 0.3) is 11.3 Å². The molecule has 0 bridgehead atoms. The molecule has 1 aromatic heterocycles. The molecule has 0 fully saturated rings. The van der Waals surface area contributed by atoms with Crippen LogP contribution in [-0.2, 0) is 6.54 Å². The molecule has 0 aliphatic rings. The number of hydrogen-bond donors (Lipinski definition) is 3. The SMILES string of the molecule is CN=C(NCc1ncc(-c2ccccc2)[nH]1)NC(C)C. The normalized spacial score (nSPS) is 11.7. The second-order valence-corrected chi connectivity index (χ2v) is 4.83. The van der Waals surface area contributed by atoms with Crippen molar-refractivity contribution in [1.82, 2.24) is 20.6 Å². The van der Waals surface area contributed by atoms with E-state index < -0.39 is 0 Å². The van der Waals surface area contributed by atoms with Crippen LogP contribution in [0.2, 0.25) is 0 Å². The quantitative estimate of drug-likeness (QED) is 0.589. The van der Waals surface area contributed by atoms with E-state index in [-0.39, 0.29) is 0 Å². The summed E-state index contributed by atoms with van der Waals surface area (Å²) in [6.07, 6.45) is 1.85. The van der Waals surface area contributed by atoms with Gasteiger partial charge in [-0.15, -0.1) is 0 Å². The van der Waals surface area contributed by atoms with E-state index in [1.54, 1.807) is 7.05 Å². The third-order valence-electron chi connectivity index (χ3n) is 2.79. The van der Waals surface area contributed by atoms with E-state index in [0.29, 0.717) is 12.6 Å². The molecule has 1 heterocycles. The lowest BCUT2D eigenvalue weighted by Crippen LogP contribution is -2.40. The van der Waals surface area contributed by atoms with Gasteiger partial charge in [0.2, 0.25) is 0 Å². The Morgan fingerprint density at radius 1 is 1.30 bits per heavy atom. The van der Waals surface area contributed by atoms with Gasteiger partial charge >= 0.3 is 0 Å². The molecule has 5 heteroatoms. The number of aliphatic imine (C=N–C) groups is 1. The van der Waals surface area contributed by atoms with Crippen LogP contribution in [0.1, 0.15) is 19.7 Å². The zero-order chi connectivity index (χ0) is 14.4. The predicted molar refractivity (Wildman–Crippen MR) is 82.5 cm³/mol. The molecule has 0 saturated carbocycles. The van der Waals surface area contributed by atoms with Crippen molar-refractivity contribution in [1.29, 1.82) is 0 Å². The van der Waals surface area contributed by atoms with Crippen LogP contribution in [-0.4, -0.2) is 29.0 Å². The fourth-order valence-corrected chi connectivity index (χ4v) is 1.85. The largest absolute Gasteiger partial charge is 0.354 e. The third-order valence-corrected chi connectivity index (χ3v) is 2.79. The molecule has 0 atom stereocenters. The number of nitrogens with one attached hydrogen (secondary N) is 3. The number of aromatic amines is 1. The number of benzene rings is 1. The second-order valence-electron chi connectivity index (χ2n) is 4.83. The van der Waals surface area contributed by atoms with Crippen LogP contribution >= 0.6 is 0 Å². The van der Waals surface area contributed by atoms with Crippen molar-refractivity contribution in [3.8, 4) is 11.3 Å². The lowest BCUT2D eigenvalue weighted by Gasteiger charge is -2.13. The summed E-state index contributed by atoms with van der Waals surface area (Å²) in [5.41, 5.74) is 2.16. The number of imidazole rings is 1. The van der Waals surface area contributed by atoms with Gasteiger partial charge in [-0.3, -0.25) is 4.99 Å². The summed E-state index contributed by atoms with van der Waals surface area (Å²) in [4.78, 5) is 11.8. The van der Waals surface area contributed by atoms with E-state index in [1.165, 1.54) is 0 Å². The summed E-state index contributed by atoms with van der Waals surface area (Å²) in [7, 11) is 1.76. The molecule has 5 nitrogen and oxygen atoms in total. The number of aromatic nitrogens is 2. The first-order valence-corrected chi connectivity index (χ1v) is 6.75. The van der Waals surface area contributed by atoms with Crippen molar-refractivity contribution in [3.63, 3.8) is 0 Å². The van der Waals surface area contributed by atoms with E-state index >= 15 is 0 Å². The van der Waals surface area contributed by atoms with Gasteiger partial charge < -0.3 is 15.6 Å². The van der Waals surface area contributed by atoms with Gasteiger partial charge in [0.25, 0.3) is 0 Å². The maximum Gasteiger partial charge on any atom is 0.191 e. The fraction of sp³-hybridized carbons (Fsp3) is 0.333. The monoisotopic (exact) mass is 271 g/mol. The Morgan fingerprint density at radius 3 is 2.70 bits per heavy atom. The van der Waals surface area contributed by atoms with Crippen molar-refractivity contribution in [2.75, 3.05) is 7.05 Å². The minimum absolute atomic E-state index is 0.345. The Balaban J connectivity index is 1.97. The van der Waals surface area contributed by atoms with E-state index in [2.05, 4.69) is 51.6 Å². The summed E-state index contributed by atoms with van der Waals surface area (Å²) in [6, 6.07) is 10.5. The van der Waals surface area contributed by atoms with Crippen LogP contribution in [0.3, 0.4) is 0 Å². The standard InChI is InChI=1S/C15H21N5/c1-11(2)19-15(16-3)18-10-14-17-9-13(20-14)12-7-5-4-6-8-12/h4-9,11H,10H2,1-3H3,(H,17,20)(H2,16,18,19). The van der Waals surface area contributed by atoms with Crippen molar-refractivity contribution >= 4 is 5.96 Å². The predicted octanol–water partition coefficient (Wildman–Crippen LogP) is 2.15. The highest BCUT2D eigenvalue weighted by atomic mass is 15.2. The van der Waals surface area contributed by atoms with E-state index in [1.807, 2.05) is 24.4 Å². The van der Waals surface area contributed by atoms with Crippen molar-refractivity contribution in [2.24, 2.45) is 4.99 Å². The average molecular weight is 271 g/mol. The number of H-pyrrole nitrogens is 1.